The Labute approximate surface area is 150 Å². The molecule has 0 aliphatic heterocycles. The Bertz CT molecular complexity index is 911. The molecule has 1 amide bonds. The minimum Gasteiger partial charge on any atom is -0.383 e. The van der Waals surface area contributed by atoms with Gasteiger partial charge in [0.25, 0.3) is 5.91 Å². The number of anilines is 1. The number of hydrogen-bond acceptors (Lipinski definition) is 7. The standard InChI is InChI=1S/C18H20N6O2/c1-24(2)8-7-19-13-4-6-15(20-10-13)17-11-21-14-5-3-12(18(25)23-26)9-16(14)22-17/h3-6,9-11,19,26H,7-8H2,1-2H3,(H,23,25). The number of aromatic nitrogens is 3. The molecule has 0 radical (unpaired) electrons. The number of hydrogen-bond donors (Lipinski definition) is 3. The topological polar surface area (TPSA) is 103 Å². The third kappa shape index (κ3) is 4.11. The first-order valence-electron chi connectivity index (χ1n) is 8.13. The highest BCUT2D eigenvalue weighted by Gasteiger charge is 2.08. The lowest BCUT2D eigenvalue weighted by Crippen LogP contribution is -2.20. The smallest absolute Gasteiger partial charge is 0.274 e. The number of carbonyl (C=O) groups is 1. The average Bonchev–Trinajstić information content (AvgIpc) is 2.66. The second kappa shape index (κ2) is 7.85. The molecule has 2 aromatic heterocycles. The highest BCUT2D eigenvalue weighted by atomic mass is 16.5. The zero-order chi connectivity index (χ0) is 18.5. The quantitative estimate of drug-likeness (QED) is 0.459. The molecule has 134 valence electrons. The molecule has 0 aliphatic rings. The van der Waals surface area contributed by atoms with Gasteiger partial charge in [-0.25, -0.2) is 10.5 Å². The average molecular weight is 352 g/mol. The van der Waals surface area contributed by atoms with Crippen molar-refractivity contribution in [2.75, 3.05) is 32.5 Å². The molecule has 3 aromatic rings. The van der Waals surface area contributed by atoms with Crippen molar-refractivity contribution < 1.29 is 10.0 Å². The highest BCUT2D eigenvalue weighted by Crippen LogP contribution is 2.19. The maximum Gasteiger partial charge on any atom is 0.274 e. The maximum absolute atomic E-state index is 11.5. The molecule has 1 aromatic carbocycles. The number of carbonyl (C=O) groups excluding carboxylic acids is 1. The number of nitrogens with zero attached hydrogens (tertiary/aromatic N) is 4. The number of amides is 1. The van der Waals surface area contributed by atoms with Crippen LogP contribution < -0.4 is 10.8 Å². The van der Waals surface area contributed by atoms with Crippen LogP contribution in [0, 0.1) is 0 Å². The number of likely N-dealkylation sites (N-methyl/N-ethyl adjacent to an activating group) is 1. The predicted octanol–water partition coefficient (Wildman–Crippen LogP) is 1.78. The van der Waals surface area contributed by atoms with Gasteiger partial charge in [-0.1, -0.05) is 0 Å². The lowest BCUT2D eigenvalue weighted by atomic mass is 10.1. The van der Waals surface area contributed by atoms with Gasteiger partial charge in [0.1, 0.15) is 5.69 Å². The Morgan fingerprint density at radius 1 is 1.08 bits per heavy atom. The summed E-state index contributed by atoms with van der Waals surface area (Å²) in [6.45, 7) is 1.77. The van der Waals surface area contributed by atoms with Crippen LogP contribution in [0.5, 0.6) is 0 Å². The molecule has 0 saturated heterocycles. The zero-order valence-corrected chi connectivity index (χ0v) is 14.6. The number of benzene rings is 1. The fourth-order valence-corrected chi connectivity index (χ4v) is 2.41. The van der Waals surface area contributed by atoms with Crippen molar-refractivity contribution in [3.8, 4) is 11.4 Å². The monoisotopic (exact) mass is 352 g/mol. The molecule has 0 saturated carbocycles. The normalized spacial score (nSPS) is 10.9. The van der Waals surface area contributed by atoms with Gasteiger partial charge in [-0.2, -0.15) is 0 Å². The molecule has 0 aliphatic carbocycles. The molecule has 2 heterocycles. The molecule has 0 spiro atoms. The first-order valence-corrected chi connectivity index (χ1v) is 8.13. The van der Waals surface area contributed by atoms with Gasteiger partial charge in [0, 0.05) is 18.7 Å². The number of rotatable bonds is 6. The summed E-state index contributed by atoms with van der Waals surface area (Å²) < 4.78 is 0. The van der Waals surface area contributed by atoms with E-state index < -0.39 is 5.91 Å². The number of pyridine rings is 1. The lowest BCUT2D eigenvalue weighted by Gasteiger charge is -2.11. The van der Waals surface area contributed by atoms with Crippen molar-refractivity contribution in [1.82, 2.24) is 25.3 Å². The van der Waals surface area contributed by atoms with E-state index in [0.29, 0.717) is 28.0 Å². The highest BCUT2D eigenvalue weighted by molar-refractivity contribution is 5.96. The Hall–Kier alpha value is -3.10. The second-order valence-corrected chi connectivity index (χ2v) is 6.06. The summed E-state index contributed by atoms with van der Waals surface area (Å²) in [5.74, 6) is -0.592. The summed E-state index contributed by atoms with van der Waals surface area (Å²) >= 11 is 0. The Morgan fingerprint density at radius 2 is 1.92 bits per heavy atom. The van der Waals surface area contributed by atoms with Crippen molar-refractivity contribution in [3.05, 3.63) is 48.3 Å². The fourth-order valence-electron chi connectivity index (χ4n) is 2.41. The van der Waals surface area contributed by atoms with E-state index in [0.717, 1.165) is 18.8 Å². The van der Waals surface area contributed by atoms with Crippen molar-refractivity contribution in [2.45, 2.75) is 0 Å². The van der Waals surface area contributed by atoms with E-state index in [-0.39, 0.29) is 0 Å². The summed E-state index contributed by atoms with van der Waals surface area (Å²) in [4.78, 5) is 27.0. The molecule has 3 rings (SSSR count). The third-order valence-corrected chi connectivity index (χ3v) is 3.82. The summed E-state index contributed by atoms with van der Waals surface area (Å²) in [6.07, 6.45) is 3.40. The van der Waals surface area contributed by atoms with Crippen LogP contribution >= 0.6 is 0 Å². The summed E-state index contributed by atoms with van der Waals surface area (Å²) in [6, 6.07) is 8.66. The van der Waals surface area contributed by atoms with Gasteiger partial charge in [-0.15, -0.1) is 0 Å². The molecule has 8 heteroatoms. The van der Waals surface area contributed by atoms with Gasteiger partial charge in [-0.05, 0) is 44.4 Å². The van der Waals surface area contributed by atoms with Crippen LogP contribution in [0.4, 0.5) is 5.69 Å². The van der Waals surface area contributed by atoms with Crippen molar-refractivity contribution in [3.63, 3.8) is 0 Å². The summed E-state index contributed by atoms with van der Waals surface area (Å²) in [5.41, 5.74) is 5.37. The minimum absolute atomic E-state index is 0.305. The summed E-state index contributed by atoms with van der Waals surface area (Å²) in [7, 11) is 4.05. The van der Waals surface area contributed by atoms with Crippen LogP contribution in [0.2, 0.25) is 0 Å². The zero-order valence-electron chi connectivity index (χ0n) is 14.6. The van der Waals surface area contributed by atoms with E-state index in [1.807, 2.05) is 26.2 Å². The lowest BCUT2D eigenvalue weighted by molar-refractivity contribution is 0.0706. The minimum atomic E-state index is -0.592. The molecule has 0 bridgehead atoms. The first-order chi connectivity index (χ1) is 12.6. The van der Waals surface area contributed by atoms with Crippen molar-refractivity contribution >= 4 is 22.6 Å². The first kappa shape index (κ1) is 17.7. The van der Waals surface area contributed by atoms with E-state index in [4.69, 9.17) is 5.21 Å². The maximum atomic E-state index is 11.5. The Kier molecular flexibility index (Phi) is 5.35. The Balaban J connectivity index is 1.82. The van der Waals surface area contributed by atoms with Crippen LogP contribution in [-0.2, 0) is 0 Å². The van der Waals surface area contributed by atoms with Gasteiger partial charge >= 0.3 is 0 Å². The van der Waals surface area contributed by atoms with Crippen LogP contribution in [0.25, 0.3) is 22.4 Å². The van der Waals surface area contributed by atoms with E-state index in [9.17, 15) is 4.79 Å². The molecular formula is C18H20N6O2. The van der Waals surface area contributed by atoms with Gasteiger partial charge in [0.2, 0.25) is 0 Å². The predicted molar refractivity (Wildman–Crippen MR) is 99.1 cm³/mol. The van der Waals surface area contributed by atoms with Crippen LogP contribution in [0.3, 0.4) is 0 Å². The number of fused-ring (bicyclic) bond motifs is 1. The number of nitrogens with one attached hydrogen (secondary N) is 2. The SMILES string of the molecule is CN(C)CCNc1ccc(-c2cnc3ccc(C(=O)NO)cc3n2)nc1. The van der Waals surface area contributed by atoms with Gasteiger partial charge in [0.15, 0.2) is 0 Å². The summed E-state index contributed by atoms with van der Waals surface area (Å²) in [5, 5.41) is 12.1. The van der Waals surface area contributed by atoms with Crippen molar-refractivity contribution in [1.29, 1.82) is 0 Å². The largest absolute Gasteiger partial charge is 0.383 e. The third-order valence-electron chi connectivity index (χ3n) is 3.82. The van der Waals surface area contributed by atoms with Crippen LogP contribution in [0.1, 0.15) is 10.4 Å². The van der Waals surface area contributed by atoms with Crippen molar-refractivity contribution in [2.24, 2.45) is 0 Å². The van der Waals surface area contributed by atoms with Gasteiger partial charge in [-0.3, -0.25) is 20.0 Å². The molecule has 3 N–H and O–H groups in total. The van der Waals surface area contributed by atoms with Crippen LogP contribution in [-0.4, -0.2) is 58.2 Å². The van der Waals surface area contributed by atoms with E-state index in [2.05, 4.69) is 25.2 Å². The van der Waals surface area contributed by atoms with Crippen LogP contribution in [0.15, 0.2) is 42.7 Å². The number of hydroxylamine groups is 1. The molecule has 0 atom stereocenters. The molecule has 26 heavy (non-hydrogen) atoms. The second-order valence-electron chi connectivity index (χ2n) is 6.06. The molecule has 0 unspecified atom stereocenters. The molecule has 0 fully saturated rings. The Morgan fingerprint density at radius 3 is 2.62 bits per heavy atom. The van der Waals surface area contributed by atoms with E-state index >= 15 is 0 Å². The molecular weight excluding hydrogens is 332 g/mol. The van der Waals surface area contributed by atoms with E-state index in [1.165, 1.54) is 0 Å². The van der Waals surface area contributed by atoms with E-state index in [1.54, 1.807) is 36.1 Å². The molecule has 8 nitrogen and oxygen atoms in total. The van der Waals surface area contributed by atoms with Gasteiger partial charge in [0.05, 0.1) is 34.8 Å². The fraction of sp³-hybridized carbons (Fsp3) is 0.222. The van der Waals surface area contributed by atoms with Gasteiger partial charge < -0.3 is 10.2 Å².